The van der Waals surface area contributed by atoms with Crippen LogP contribution in [0, 0.1) is 5.41 Å². The molecule has 0 bridgehead atoms. The third-order valence-corrected chi connectivity index (χ3v) is 7.42. The molecule has 2 aliphatic rings. The highest BCUT2D eigenvalue weighted by Gasteiger charge is 2.41. The average Bonchev–Trinajstić information content (AvgIpc) is 2.85. The Morgan fingerprint density at radius 2 is 1.73 bits per heavy atom. The van der Waals surface area contributed by atoms with Gasteiger partial charge in [0.25, 0.3) is 5.91 Å². The highest BCUT2D eigenvalue weighted by atomic mass is 16.2. The van der Waals surface area contributed by atoms with Gasteiger partial charge >= 0.3 is 0 Å². The fraction of sp³-hybridized carbons (Fsp3) is 0.481. The number of hydrogen-bond donors (Lipinski definition) is 1. The van der Waals surface area contributed by atoms with Gasteiger partial charge in [-0.15, -0.1) is 0 Å². The zero-order chi connectivity index (χ0) is 23.4. The Labute approximate surface area is 197 Å². The Kier molecular flexibility index (Phi) is 7.15. The van der Waals surface area contributed by atoms with Crippen LogP contribution >= 0.6 is 0 Å². The number of benzene rings is 2. The van der Waals surface area contributed by atoms with E-state index in [1.807, 2.05) is 24.3 Å². The Balaban J connectivity index is 1.40. The van der Waals surface area contributed by atoms with Gasteiger partial charge in [-0.1, -0.05) is 49.4 Å². The number of carbonyl (C=O) groups excluding carboxylic acids is 2. The van der Waals surface area contributed by atoms with Gasteiger partial charge in [0.1, 0.15) is 0 Å². The van der Waals surface area contributed by atoms with Crippen molar-refractivity contribution in [2.45, 2.75) is 32.4 Å². The molecule has 1 N–H and O–H groups in total. The lowest BCUT2D eigenvalue weighted by Gasteiger charge is -2.45. The number of nitrogens with one attached hydrogen (secondary N) is 1. The summed E-state index contributed by atoms with van der Waals surface area (Å²) in [4.78, 5) is 32.6. The Bertz CT molecular complexity index is 969. The monoisotopic (exact) mass is 448 g/mol. The van der Waals surface area contributed by atoms with Gasteiger partial charge in [-0.2, -0.15) is 0 Å². The predicted molar refractivity (Wildman–Crippen MR) is 131 cm³/mol. The lowest BCUT2D eigenvalue weighted by Crippen LogP contribution is -2.55. The fourth-order valence-corrected chi connectivity index (χ4v) is 5.09. The summed E-state index contributed by atoms with van der Waals surface area (Å²) in [6.07, 6.45) is 1.78. The SMILES string of the molecule is CNC(=O)c1cccc(C2CN(C(=O)C3(C)CCN(Cc4ccccc4)CC3)CCN2C)c1. The molecule has 1 atom stereocenters. The summed E-state index contributed by atoms with van der Waals surface area (Å²) in [7, 11) is 3.75. The van der Waals surface area contributed by atoms with Crippen LogP contribution in [0.25, 0.3) is 0 Å². The van der Waals surface area contributed by atoms with Crippen LogP contribution in [0.4, 0.5) is 0 Å². The first kappa shape index (κ1) is 23.5. The highest BCUT2D eigenvalue weighted by Crippen LogP contribution is 2.35. The number of piperidine rings is 1. The maximum absolute atomic E-state index is 13.7. The van der Waals surface area contributed by atoms with Crippen molar-refractivity contribution >= 4 is 11.8 Å². The number of nitrogens with zero attached hydrogens (tertiary/aromatic N) is 3. The van der Waals surface area contributed by atoms with Gasteiger partial charge in [-0.3, -0.25) is 19.4 Å². The molecule has 2 saturated heterocycles. The first-order valence-corrected chi connectivity index (χ1v) is 12.0. The summed E-state index contributed by atoms with van der Waals surface area (Å²) in [6, 6.07) is 18.4. The normalized spacial score (nSPS) is 21.5. The summed E-state index contributed by atoms with van der Waals surface area (Å²) in [5, 5.41) is 2.70. The molecule has 2 fully saturated rings. The van der Waals surface area contributed by atoms with Crippen LogP contribution < -0.4 is 5.32 Å². The highest BCUT2D eigenvalue weighted by molar-refractivity contribution is 5.94. The molecular formula is C27H36N4O2. The van der Waals surface area contributed by atoms with Gasteiger partial charge in [-0.25, -0.2) is 0 Å². The van der Waals surface area contributed by atoms with Crippen molar-refractivity contribution in [2.75, 3.05) is 46.8 Å². The van der Waals surface area contributed by atoms with Crippen LogP contribution in [0.2, 0.25) is 0 Å². The fourth-order valence-electron chi connectivity index (χ4n) is 5.09. The van der Waals surface area contributed by atoms with E-state index in [1.54, 1.807) is 7.05 Å². The van der Waals surface area contributed by atoms with Crippen molar-refractivity contribution in [3.63, 3.8) is 0 Å². The quantitative estimate of drug-likeness (QED) is 0.764. The molecule has 176 valence electrons. The van der Waals surface area contributed by atoms with Gasteiger partial charge in [0.15, 0.2) is 0 Å². The van der Waals surface area contributed by atoms with Gasteiger partial charge in [0, 0.05) is 44.2 Å². The molecular weight excluding hydrogens is 412 g/mol. The second-order valence-corrected chi connectivity index (χ2v) is 9.77. The maximum atomic E-state index is 13.7. The van der Waals surface area contributed by atoms with Crippen molar-refractivity contribution in [3.8, 4) is 0 Å². The molecule has 0 radical (unpaired) electrons. The zero-order valence-electron chi connectivity index (χ0n) is 20.1. The Morgan fingerprint density at radius 3 is 2.42 bits per heavy atom. The number of rotatable bonds is 5. The molecule has 2 aromatic rings. The molecule has 6 heteroatoms. The summed E-state index contributed by atoms with van der Waals surface area (Å²) in [5.41, 5.74) is 2.76. The van der Waals surface area contributed by atoms with Crippen molar-refractivity contribution in [2.24, 2.45) is 5.41 Å². The minimum absolute atomic E-state index is 0.0852. The smallest absolute Gasteiger partial charge is 0.251 e. The minimum Gasteiger partial charge on any atom is -0.355 e. The van der Waals surface area contributed by atoms with Crippen molar-refractivity contribution < 1.29 is 9.59 Å². The molecule has 6 nitrogen and oxygen atoms in total. The lowest BCUT2D eigenvalue weighted by molar-refractivity contribution is -0.147. The number of likely N-dealkylation sites (N-methyl/N-ethyl adjacent to an activating group) is 1. The van der Waals surface area contributed by atoms with Crippen molar-refractivity contribution in [1.82, 2.24) is 20.0 Å². The third-order valence-electron chi connectivity index (χ3n) is 7.42. The van der Waals surface area contributed by atoms with Crippen molar-refractivity contribution in [1.29, 1.82) is 0 Å². The zero-order valence-corrected chi connectivity index (χ0v) is 20.1. The first-order chi connectivity index (χ1) is 15.9. The van der Waals surface area contributed by atoms with Gasteiger partial charge in [0.2, 0.25) is 5.91 Å². The summed E-state index contributed by atoms with van der Waals surface area (Å²) in [5.74, 6) is 0.195. The molecule has 33 heavy (non-hydrogen) atoms. The second kappa shape index (κ2) is 10.1. The number of piperazine rings is 1. The Morgan fingerprint density at radius 1 is 1.00 bits per heavy atom. The van der Waals surface area contributed by atoms with Crippen molar-refractivity contribution in [3.05, 3.63) is 71.3 Å². The molecule has 2 aliphatic heterocycles. The van der Waals surface area contributed by atoms with Crippen LogP contribution in [0.5, 0.6) is 0 Å². The molecule has 2 heterocycles. The third kappa shape index (κ3) is 5.28. The summed E-state index contributed by atoms with van der Waals surface area (Å²) < 4.78 is 0. The molecule has 2 amide bonds. The average molecular weight is 449 g/mol. The Hall–Kier alpha value is -2.70. The first-order valence-electron chi connectivity index (χ1n) is 12.0. The molecule has 2 aromatic carbocycles. The van der Waals surface area contributed by atoms with E-state index in [0.717, 1.165) is 51.1 Å². The van der Waals surface area contributed by atoms with Gasteiger partial charge in [-0.05, 0) is 56.2 Å². The van der Waals surface area contributed by atoms with E-state index in [2.05, 4.69) is 64.3 Å². The maximum Gasteiger partial charge on any atom is 0.251 e. The topological polar surface area (TPSA) is 55.9 Å². The van der Waals surface area contributed by atoms with Gasteiger partial charge in [0.05, 0.1) is 6.04 Å². The van der Waals surface area contributed by atoms with E-state index >= 15 is 0 Å². The number of likely N-dealkylation sites (tertiary alicyclic amines) is 1. The van der Waals surface area contributed by atoms with Crippen LogP contribution in [0.3, 0.4) is 0 Å². The van der Waals surface area contributed by atoms with Crippen LogP contribution in [0.15, 0.2) is 54.6 Å². The summed E-state index contributed by atoms with van der Waals surface area (Å²) >= 11 is 0. The lowest BCUT2D eigenvalue weighted by atomic mass is 9.78. The van der Waals surface area contributed by atoms with E-state index in [4.69, 9.17) is 0 Å². The molecule has 0 saturated carbocycles. The van der Waals surface area contributed by atoms with E-state index in [0.29, 0.717) is 12.1 Å². The van der Waals surface area contributed by atoms with Crippen LogP contribution in [-0.2, 0) is 11.3 Å². The predicted octanol–water partition coefficient (Wildman–Crippen LogP) is 3.16. The molecule has 4 rings (SSSR count). The van der Waals surface area contributed by atoms with E-state index in [1.165, 1.54) is 5.56 Å². The molecule has 0 aromatic heterocycles. The second-order valence-electron chi connectivity index (χ2n) is 9.77. The summed E-state index contributed by atoms with van der Waals surface area (Å²) in [6.45, 7) is 7.24. The number of amides is 2. The van der Waals surface area contributed by atoms with E-state index in [9.17, 15) is 9.59 Å². The molecule has 0 spiro atoms. The van der Waals surface area contributed by atoms with E-state index < -0.39 is 0 Å². The minimum atomic E-state index is -0.308. The number of carbonyl (C=O) groups is 2. The van der Waals surface area contributed by atoms with Crippen LogP contribution in [-0.4, -0.2) is 73.3 Å². The van der Waals surface area contributed by atoms with Gasteiger partial charge < -0.3 is 10.2 Å². The largest absolute Gasteiger partial charge is 0.355 e. The van der Waals surface area contributed by atoms with Crippen LogP contribution in [0.1, 0.15) is 47.3 Å². The standard InChI is InChI=1S/C27H36N4O2/c1-27(12-14-30(15-13-27)19-21-8-5-4-6-9-21)26(33)31-17-16-29(3)24(20-31)22-10-7-11-23(18-22)25(32)28-2/h4-11,18,24H,12-17,19-20H2,1-3H3,(H,28,32). The molecule has 0 aliphatic carbocycles. The number of hydrogen-bond acceptors (Lipinski definition) is 4. The van der Waals surface area contributed by atoms with E-state index in [-0.39, 0.29) is 23.3 Å². The molecule has 1 unspecified atom stereocenters.